The van der Waals surface area contributed by atoms with E-state index in [0.717, 1.165) is 42.7 Å². The van der Waals surface area contributed by atoms with Crippen LogP contribution in [0, 0.1) is 11.6 Å². The van der Waals surface area contributed by atoms with Crippen molar-refractivity contribution >= 4 is 0 Å². The number of halogens is 2. The van der Waals surface area contributed by atoms with Gasteiger partial charge in [-0.05, 0) is 61.1 Å². The minimum absolute atomic E-state index is 0.0237. The molecule has 0 amide bonds. The molecule has 30 heavy (non-hydrogen) atoms. The summed E-state index contributed by atoms with van der Waals surface area (Å²) < 4.78 is 34.7. The lowest BCUT2D eigenvalue weighted by Crippen LogP contribution is -2.25. The van der Waals surface area contributed by atoms with Crippen LogP contribution < -0.4 is 10.4 Å². The Kier molecular flexibility index (Phi) is 6.92. The molecule has 0 aliphatic heterocycles. The van der Waals surface area contributed by atoms with Crippen LogP contribution in [0.2, 0.25) is 0 Å². The molecule has 0 fully saturated rings. The molecule has 0 bridgehead atoms. The topological polar surface area (TPSA) is 56.4 Å². The fraction of sp³-hybridized carbons (Fsp3) is 0.348. The lowest BCUT2D eigenvalue weighted by atomic mass is 10.1. The molecule has 7 heteroatoms. The Labute approximate surface area is 174 Å². The van der Waals surface area contributed by atoms with E-state index in [-0.39, 0.29) is 18.1 Å². The maximum absolute atomic E-state index is 13.5. The molecular formula is C23H26F2N2O3. The molecule has 2 aromatic carbocycles. The van der Waals surface area contributed by atoms with Gasteiger partial charge < -0.3 is 9.84 Å². The molecule has 0 spiro atoms. The molecule has 1 N–H and O–H groups in total. The summed E-state index contributed by atoms with van der Waals surface area (Å²) in [6.45, 7) is 2.41. The Balaban J connectivity index is 1.79. The molecule has 0 saturated carbocycles. The molecule has 1 aromatic heterocycles. The first kappa shape index (κ1) is 21.6. The van der Waals surface area contributed by atoms with E-state index >= 15 is 0 Å². The summed E-state index contributed by atoms with van der Waals surface area (Å²) in [6.07, 6.45) is 2.80. The molecule has 0 aliphatic carbocycles. The number of ether oxygens (including phenoxy) is 1. The third kappa shape index (κ3) is 4.72. The van der Waals surface area contributed by atoms with Crippen LogP contribution in [0.25, 0.3) is 0 Å². The predicted octanol–water partition coefficient (Wildman–Crippen LogP) is 4.28. The Morgan fingerprint density at radius 1 is 0.967 bits per heavy atom. The second-order valence-electron chi connectivity index (χ2n) is 7.24. The van der Waals surface area contributed by atoms with Crippen molar-refractivity contribution in [1.82, 2.24) is 9.13 Å². The summed E-state index contributed by atoms with van der Waals surface area (Å²) in [5.41, 5.74) is 1.77. The Bertz CT molecular complexity index is 1060. The highest BCUT2D eigenvalue weighted by Crippen LogP contribution is 2.21. The number of rotatable bonds is 9. The summed E-state index contributed by atoms with van der Waals surface area (Å²) in [5.74, 6) is -1.25. The van der Waals surface area contributed by atoms with Crippen molar-refractivity contribution in [3.05, 3.63) is 81.4 Å². The van der Waals surface area contributed by atoms with Gasteiger partial charge in [-0.25, -0.2) is 13.6 Å². The van der Waals surface area contributed by atoms with Gasteiger partial charge in [0, 0.05) is 6.54 Å². The van der Waals surface area contributed by atoms with E-state index in [4.69, 9.17) is 4.74 Å². The lowest BCUT2D eigenvalue weighted by Gasteiger charge is -2.07. The van der Waals surface area contributed by atoms with Crippen molar-refractivity contribution in [2.45, 2.75) is 45.7 Å². The summed E-state index contributed by atoms with van der Waals surface area (Å²) in [7, 11) is 1.62. The van der Waals surface area contributed by atoms with Gasteiger partial charge >= 0.3 is 5.69 Å². The molecule has 5 nitrogen and oxygen atoms in total. The van der Waals surface area contributed by atoms with Crippen LogP contribution in [0.5, 0.6) is 11.6 Å². The molecule has 0 radical (unpaired) electrons. The normalized spacial score (nSPS) is 11.1. The average molecular weight is 416 g/mol. The molecule has 3 aromatic rings. The number of methoxy groups -OCH3 is 1. The highest BCUT2D eigenvalue weighted by atomic mass is 19.2. The first-order valence-corrected chi connectivity index (χ1v) is 10.0. The summed E-state index contributed by atoms with van der Waals surface area (Å²) >= 11 is 0. The number of hydrogen-bond acceptors (Lipinski definition) is 3. The third-order valence-corrected chi connectivity index (χ3v) is 5.11. The van der Waals surface area contributed by atoms with Gasteiger partial charge in [-0.3, -0.25) is 9.13 Å². The Morgan fingerprint density at radius 2 is 1.67 bits per heavy atom. The fourth-order valence-corrected chi connectivity index (χ4v) is 3.54. The Hall–Kier alpha value is -3.09. The Morgan fingerprint density at radius 3 is 2.30 bits per heavy atom. The summed E-state index contributed by atoms with van der Waals surface area (Å²) in [4.78, 5) is 12.8. The quantitative estimate of drug-likeness (QED) is 0.567. The maximum atomic E-state index is 13.5. The second kappa shape index (κ2) is 9.61. The van der Waals surface area contributed by atoms with E-state index in [1.54, 1.807) is 11.7 Å². The smallest absolute Gasteiger partial charge is 0.331 e. The molecule has 1 heterocycles. The van der Waals surface area contributed by atoms with Crippen LogP contribution in [0.3, 0.4) is 0 Å². The first-order valence-electron chi connectivity index (χ1n) is 10.0. The van der Waals surface area contributed by atoms with E-state index in [1.165, 1.54) is 10.6 Å². The van der Waals surface area contributed by atoms with E-state index in [1.807, 2.05) is 31.2 Å². The van der Waals surface area contributed by atoms with Crippen LogP contribution in [0.15, 0.2) is 47.3 Å². The van der Waals surface area contributed by atoms with Crippen LogP contribution in [0.4, 0.5) is 8.78 Å². The van der Waals surface area contributed by atoms with Gasteiger partial charge in [-0.1, -0.05) is 25.1 Å². The van der Waals surface area contributed by atoms with E-state index in [2.05, 4.69) is 0 Å². The van der Waals surface area contributed by atoms with Gasteiger partial charge in [0.05, 0.1) is 19.3 Å². The van der Waals surface area contributed by atoms with Gasteiger partial charge in [-0.15, -0.1) is 0 Å². The van der Waals surface area contributed by atoms with Crippen molar-refractivity contribution in [2.24, 2.45) is 0 Å². The molecule has 160 valence electrons. The predicted molar refractivity (Wildman–Crippen MR) is 111 cm³/mol. The number of aromatic nitrogens is 2. The van der Waals surface area contributed by atoms with Crippen molar-refractivity contribution < 1.29 is 18.6 Å². The minimum atomic E-state index is -0.979. The minimum Gasteiger partial charge on any atom is -0.497 e. The first-order chi connectivity index (χ1) is 14.4. The number of aryl methyl sites for hydroxylation is 1. The van der Waals surface area contributed by atoms with Crippen molar-refractivity contribution in [2.75, 3.05) is 7.11 Å². The zero-order chi connectivity index (χ0) is 21.7. The molecule has 0 saturated heterocycles. The second-order valence-corrected chi connectivity index (χ2v) is 7.24. The zero-order valence-electron chi connectivity index (χ0n) is 17.2. The van der Waals surface area contributed by atoms with Gasteiger partial charge in [0.2, 0.25) is 5.88 Å². The highest BCUT2D eigenvalue weighted by Gasteiger charge is 2.19. The number of aromatic hydroxyl groups is 1. The van der Waals surface area contributed by atoms with Gasteiger partial charge in [-0.2, -0.15) is 0 Å². The molecule has 0 unspecified atom stereocenters. The van der Waals surface area contributed by atoms with Crippen molar-refractivity contribution in [3.8, 4) is 11.6 Å². The lowest BCUT2D eigenvalue weighted by molar-refractivity contribution is 0.414. The van der Waals surface area contributed by atoms with Gasteiger partial charge in [0.25, 0.3) is 0 Å². The van der Waals surface area contributed by atoms with Crippen LogP contribution in [0.1, 0.15) is 36.6 Å². The molecule has 3 rings (SSSR count). The van der Waals surface area contributed by atoms with Crippen molar-refractivity contribution in [3.63, 3.8) is 0 Å². The van der Waals surface area contributed by atoms with Gasteiger partial charge in [0.1, 0.15) is 5.75 Å². The fourth-order valence-electron chi connectivity index (χ4n) is 3.54. The average Bonchev–Trinajstić information content (AvgIpc) is 2.96. The van der Waals surface area contributed by atoms with Gasteiger partial charge in [0.15, 0.2) is 11.6 Å². The SMILES string of the molecule is CCCn1c(CCCc2ccc(OC)cc2)c(O)n(Cc2ccc(F)c(F)c2)c1=O. The zero-order valence-corrected chi connectivity index (χ0v) is 17.2. The maximum Gasteiger partial charge on any atom is 0.331 e. The number of imidazole rings is 1. The standard InChI is InChI=1S/C23H26F2N2O3/c1-3-13-26-21(6-4-5-16-7-10-18(30-2)11-8-16)22(28)27(23(26)29)15-17-9-12-19(24)20(25)14-17/h7-12,14,28H,3-6,13,15H2,1-2H3. The molecular weight excluding hydrogens is 390 g/mol. The van der Waals surface area contributed by atoms with Crippen LogP contribution in [-0.4, -0.2) is 21.4 Å². The number of benzene rings is 2. The summed E-state index contributed by atoms with van der Waals surface area (Å²) in [6, 6.07) is 11.3. The number of hydrogen-bond donors (Lipinski definition) is 1. The molecule has 0 aliphatic rings. The van der Waals surface area contributed by atoms with Crippen LogP contribution >= 0.6 is 0 Å². The third-order valence-electron chi connectivity index (χ3n) is 5.11. The number of nitrogens with zero attached hydrogens (tertiary/aromatic N) is 2. The van der Waals surface area contributed by atoms with Crippen LogP contribution in [-0.2, 0) is 25.9 Å². The molecule has 0 atom stereocenters. The van der Waals surface area contributed by atoms with Crippen molar-refractivity contribution in [1.29, 1.82) is 0 Å². The van der Waals surface area contributed by atoms with E-state index in [9.17, 15) is 18.7 Å². The highest BCUT2D eigenvalue weighted by molar-refractivity contribution is 5.28. The largest absolute Gasteiger partial charge is 0.497 e. The summed E-state index contributed by atoms with van der Waals surface area (Å²) in [5, 5.41) is 10.7. The van der Waals surface area contributed by atoms with E-state index in [0.29, 0.717) is 24.2 Å². The van der Waals surface area contributed by atoms with E-state index < -0.39 is 11.6 Å². The monoisotopic (exact) mass is 416 g/mol.